The Morgan fingerprint density at radius 1 is 1.15 bits per heavy atom. The summed E-state index contributed by atoms with van der Waals surface area (Å²) >= 11 is 5.45. The van der Waals surface area contributed by atoms with Gasteiger partial charge in [0, 0.05) is 18.7 Å². The first kappa shape index (κ1) is 28.8. The van der Waals surface area contributed by atoms with E-state index in [1.54, 1.807) is 16.6 Å². The van der Waals surface area contributed by atoms with Crippen LogP contribution in [0.5, 0.6) is 11.5 Å². The third kappa shape index (κ3) is 4.98. The second-order valence-corrected chi connectivity index (χ2v) is 12.6. The summed E-state index contributed by atoms with van der Waals surface area (Å²) in [4.78, 5) is 35.3. The fourth-order valence-corrected chi connectivity index (χ4v) is 7.97. The molecule has 0 spiro atoms. The number of hydrogen-bond acceptors (Lipinski definition) is 6. The number of phenols is 1. The summed E-state index contributed by atoms with van der Waals surface area (Å²) in [6.45, 7) is 6.80. The molecular weight excluding hydrogens is 752 g/mol. The summed E-state index contributed by atoms with van der Waals surface area (Å²) in [5.41, 5.74) is 2.36. The number of amides is 1. The second kappa shape index (κ2) is 11.6. The predicted octanol–water partition coefficient (Wildman–Crippen LogP) is 5.18. The van der Waals surface area contributed by atoms with Crippen molar-refractivity contribution in [3.05, 3.63) is 97.8 Å². The fraction of sp³-hybridized carbons (Fsp3) is 0.233. The molecule has 1 amide bonds. The maximum atomic E-state index is 14.2. The summed E-state index contributed by atoms with van der Waals surface area (Å²) in [6, 6.07) is 14.7. The molecule has 1 aromatic heterocycles. The van der Waals surface area contributed by atoms with E-state index in [-0.39, 0.29) is 17.2 Å². The number of likely N-dealkylation sites (N-methyl/N-ethyl adjacent to an activating group) is 1. The van der Waals surface area contributed by atoms with Gasteiger partial charge in [0.05, 0.1) is 30.1 Å². The molecule has 0 unspecified atom stereocenters. The lowest BCUT2D eigenvalue weighted by atomic mass is 9.90. The largest absolute Gasteiger partial charge is 0.506 e. The number of ether oxygens (including phenoxy) is 1. The van der Waals surface area contributed by atoms with Crippen LogP contribution in [0.2, 0.25) is 0 Å². The number of benzene rings is 3. The van der Waals surface area contributed by atoms with E-state index in [0.29, 0.717) is 46.6 Å². The molecule has 1 N–H and O–H groups in total. The quantitative estimate of drug-likeness (QED) is 0.274. The molecule has 10 heteroatoms. The van der Waals surface area contributed by atoms with Gasteiger partial charge in [0.1, 0.15) is 17.5 Å². The van der Waals surface area contributed by atoms with Gasteiger partial charge in [-0.1, -0.05) is 41.7 Å². The number of nitrogens with zero attached hydrogens (tertiary/aromatic N) is 3. The zero-order valence-electron chi connectivity index (χ0n) is 22.4. The maximum Gasteiger partial charge on any atom is 0.271 e. The molecule has 2 heterocycles. The van der Waals surface area contributed by atoms with E-state index < -0.39 is 6.04 Å². The molecule has 7 nitrogen and oxygen atoms in total. The number of rotatable bonds is 6. The predicted molar refractivity (Wildman–Crippen MR) is 176 cm³/mol. The summed E-state index contributed by atoms with van der Waals surface area (Å²) < 4.78 is 9.38. The zero-order chi connectivity index (χ0) is 28.7. The Morgan fingerprint density at radius 2 is 1.82 bits per heavy atom. The normalized spacial score (nSPS) is 15.2. The molecule has 1 atom stereocenters. The van der Waals surface area contributed by atoms with E-state index in [0.717, 1.165) is 21.9 Å². The average molecular weight is 779 g/mol. The third-order valence-corrected chi connectivity index (χ3v) is 9.69. The van der Waals surface area contributed by atoms with Crippen LogP contribution in [0.25, 0.3) is 16.8 Å². The summed E-state index contributed by atoms with van der Waals surface area (Å²) in [5.74, 6) is 0.668. The van der Waals surface area contributed by atoms with Crippen molar-refractivity contribution in [2.24, 2.45) is 4.99 Å². The van der Waals surface area contributed by atoms with Crippen LogP contribution in [0.4, 0.5) is 0 Å². The number of aromatic nitrogens is 1. The Labute approximate surface area is 262 Å². The molecule has 40 heavy (non-hydrogen) atoms. The number of carbonyl (C=O) groups is 1. The molecule has 1 aliphatic rings. The number of thiazole rings is 1. The van der Waals surface area contributed by atoms with E-state index in [2.05, 4.69) is 45.2 Å². The molecule has 4 aromatic rings. The Kier molecular flexibility index (Phi) is 8.39. The summed E-state index contributed by atoms with van der Waals surface area (Å²) in [7, 11) is 1.60. The average Bonchev–Trinajstić information content (AvgIpc) is 3.24. The Bertz CT molecular complexity index is 1850. The van der Waals surface area contributed by atoms with E-state index in [9.17, 15) is 14.7 Å². The van der Waals surface area contributed by atoms with Crippen LogP contribution >= 0.6 is 56.5 Å². The van der Waals surface area contributed by atoms with Gasteiger partial charge in [0.2, 0.25) is 0 Å². The van der Waals surface area contributed by atoms with Crippen LogP contribution in [0.1, 0.15) is 37.9 Å². The number of carbonyl (C=O) groups excluding carboxylic acids is 1. The molecule has 0 bridgehead atoms. The van der Waals surface area contributed by atoms with Crippen molar-refractivity contribution in [1.82, 2.24) is 9.47 Å². The van der Waals surface area contributed by atoms with Gasteiger partial charge < -0.3 is 14.7 Å². The van der Waals surface area contributed by atoms with Crippen LogP contribution in [-0.2, 0) is 4.79 Å². The molecule has 206 valence electrons. The topological polar surface area (TPSA) is 84.1 Å². The fourth-order valence-electron chi connectivity index (χ4n) is 5.10. The van der Waals surface area contributed by atoms with Crippen molar-refractivity contribution >= 4 is 79.3 Å². The van der Waals surface area contributed by atoms with Crippen molar-refractivity contribution in [3.8, 4) is 11.5 Å². The van der Waals surface area contributed by atoms with Gasteiger partial charge in [-0.15, -0.1) is 0 Å². The van der Waals surface area contributed by atoms with Crippen LogP contribution in [0.15, 0.2) is 69.6 Å². The number of fused-ring (bicyclic) bond motifs is 2. The highest BCUT2D eigenvalue weighted by Crippen LogP contribution is 2.40. The van der Waals surface area contributed by atoms with Gasteiger partial charge in [0.25, 0.3) is 11.5 Å². The number of methoxy groups -OCH3 is 1. The van der Waals surface area contributed by atoms with Crippen LogP contribution in [-0.4, -0.2) is 40.7 Å². The van der Waals surface area contributed by atoms with Crippen molar-refractivity contribution in [1.29, 1.82) is 0 Å². The zero-order valence-corrected chi connectivity index (χ0v) is 27.5. The SMILES string of the molecule is CCN(CC)C(=O)C1=C(C)N=c2s/c(=C/c3cc(I)c(O)c(I)c3)c(=O)n2[C@H]1c1c(OC)ccc2ccccc12. The number of halogens is 2. The van der Waals surface area contributed by atoms with E-state index in [1.165, 1.54) is 11.3 Å². The van der Waals surface area contributed by atoms with Crippen molar-refractivity contribution in [2.45, 2.75) is 26.8 Å². The Morgan fingerprint density at radius 3 is 2.48 bits per heavy atom. The standard InChI is InChI=1S/C30H27I2N3O4S/c1-5-34(6-2)29(38)24-16(3)33-30-35(26(24)25-19-10-8-7-9-18(19)11-12-22(25)39-4)28(37)23(40-30)15-17-13-20(31)27(36)21(32)14-17/h7-15,26,36H,5-6H2,1-4H3/b23-15+/t26-/m1/s1. The van der Waals surface area contributed by atoms with Gasteiger partial charge in [-0.05, 0) is 107 Å². The molecule has 0 saturated carbocycles. The Hall–Kier alpha value is -2.71. The second-order valence-electron chi connectivity index (χ2n) is 9.30. The van der Waals surface area contributed by atoms with Gasteiger partial charge in [0.15, 0.2) is 4.80 Å². The van der Waals surface area contributed by atoms with Crippen molar-refractivity contribution < 1.29 is 14.6 Å². The smallest absolute Gasteiger partial charge is 0.271 e. The van der Waals surface area contributed by atoms with Crippen LogP contribution in [0.3, 0.4) is 0 Å². The Balaban J connectivity index is 1.85. The lowest BCUT2D eigenvalue weighted by Crippen LogP contribution is -2.43. The van der Waals surface area contributed by atoms with Crippen molar-refractivity contribution in [3.63, 3.8) is 0 Å². The minimum atomic E-state index is -0.729. The molecule has 5 rings (SSSR count). The molecule has 3 aromatic carbocycles. The van der Waals surface area contributed by atoms with Gasteiger partial charge in [-0.2, -0.15) is 0 Å². The molecule has 0 radical (unpaired) electrons. The number of allylic oxidation sites excluding steroid dienone is 1. The molecule has 0 aliphatic carbocycles. The minimum absolute atomic E-state index is 0.150. The molecule has 1 aliphatic heterocycles. The number of aromatic hydroxyl groups is 1. The summed E-state index contributed by atoms with van der Waals surface area (Å²) in [5, 5.41) is 12.1. The monoisotopic (exact) mass is 779 g/mol. The lowest BCUT2D eigenvalue weighted by Gasteiger charge is -2.30. The highest BCUT2D eigenvalue weighted by Gasteiger charge is 2.36. The number of phenolic OH excluding ortho intramolecular Hbond substituents is 1. The molecular formula is C30H27I2N3O4S. The summed E-state index contributed by atoms with van der Waals surface area (Å²) in [6.07, 6.45) is 1.82. The lowest BCUT2D eigenvalue weighted by molar-refractivity contribution is -0.127. The molecule has 0 fully saturated rings. The first-order valence-corrected chi connectivity index (χ1v) is 15.7. The van der Waals surface area contributed by atoms with Crippen molar-refractivity contribution in [2.75, 3.05) is 20.2 Å². The third-order valence-electron chi connectivity index (χ3n) is 7.06. The van der Waals surface area contributed by atoms with E-state index in [4.69, 9.17) is 9.73 Å². The van der Waals surface area contributed by atoms with Gasteiger partial charge in [-0.25, -0.2) is 4.99 Å². The van der Waals surface area contributed by atoms with Crippen LogP contribution < -0.4 is 19.6 Å². The highest BCUT2D eigenvalue weighted by atomic mass is 127. The minimum Gasteiger partial charge on any atom is -0.506 e. The molecule has 0 saturated heterocycles. The van der Waals surface area contributed by atoms with E-state index >= 15 is 0 Å². The van der Waals surface area contributed by atoms with Gasteiger partial charge in [-0.3, -0.25) is 14.2 Å². The van der Waals surface area contributed by atoms with Crippen LogP contribution in [0, 0.1) is 7.14 Å². The first-order chi connectivity index (χ1) is 19.2. The number of hydrogen-bond donors (Lipinski definition) is 1. The first-order valence-electron chi connectivity index (χ1n) is 12.8. The van der Waals surface area contributed by atoms with E-state index in [1.807, 2.05) is 75.4 Å². The maximum absolute atomic E-state index is 14.2. The van der Waals surface area contributed by atoms with Gasteiger partial charge >= 0.3 is 0 Å². The highest BCUT2D eigenvalue weighted by molar-refractivity contribution is 14.1.